The molecule has 0 aliphatic carbocycles. The predicted molar refractivity (Wildman–Crippen MR) is 142 cm³/mol. The van der Waals surface area contributed by atoms with Gasteiger partial charge in [-0.25, -0.2) is 4.39 Å². The maximum Gasteiger partial charge on any atom is 0.299 e. The van der Waals surface area contributed by atoms with Crippen LogP contribution in [0.5, 0.6) is 11.5 Å². The minimum atomic E-state index is -0.505. The molecule has 1 aliphatic rings. The molecule has 1 amide bonds. The van der Waals surface area contributed by atoms with E-state index in [2.05, 4.69) is 15.7 Å². The molecule has 9 heteroatoms. The summed E-state index contributed by atoms with van der Waals surface area (Å²) >= 11 is 0. The van der Waals surface area contributed by atoms with Gasteiger partial charge in [0.05, 0.1) is 18.0 Å². The van der Waals surface area contributed by atoms with Crippen molar-refractivity contribution in [2.45, 2.75) is 25.9 Å². The Hall–Kier alpha value is -4.50. The summed E-state index contributed by atoms with van der Waals surface area (Å²) in [6.07, 6.45) is 3.37. The van der Waals surface area contributed by atoms with Crippen molar-refractivity contribution in [3.8, 4) is 17.2 Å². The number of nitrogens with one attached hydrogen (secondary N) is 2. The van der Waals surface area contributed by atoms with Gasteiger partial charge < -0.3 is 20.1 Å². The highest BCUT2D eigenvalue weighted by molar-refractivity contribution is 5.95. The van der Waals surface area contributed by atoms with Crippen LogP contribution in [0.25, 0.3) is 5.69 Å². The molecule has 1 fully saturated rings. The number of carbonyl (C=O) groups excluding carboxylic acids is 1. The molecule has 2 N–H and O–H groups in total. The van der Waals surface area contributed by atoms with Crippen LogP contribution in [0.2, 0.25) is 0 Å². The molecule has 0 bridgehead atoms. The van der Waals surface area contributed by atoms with Crippen LogP contribution in [0.4, 0.5) is 15.8 Å². The third-order valence-electron chi connectivity index (χ3n) is 6.17. The topological polar surface area (TPSA) is 94.5 Å². The molecule has 8 nitrogen and oxygen atoms in total. The summed E-state index contributed by atoms with van der Waals surface area (Å²) in [6.45, 7) is 3.12. The maximum absolute atomic E-state index is 13.6. The van der Waals surface area contributed by atoms with Crippen molar-refractivity contribution < 1.29 is 18.7 Å². The molecule has 194 valence electrons. The molecule has 2 heterocycles. The van der Waals surface area contributed by atoms with Crippen molar-refractivity contribution in [3.63, 3.8) is 0 Å². The molecule has 1 aliphatic heterocycles. The first-order valence-corrected chi connectivity index (χ1v) is 12.4. The number of hydrogen-bond donors (Lipinski definition) is 2. The fourth-order valence-corrected chi connectivity index (χ4v) is 4.13. The van der Waals surface area contributed by atoms with Crippen LogP contribution in [-0.2, 0) is 4.74 Å². The third kappa shape index (κ3) is 5.90. The highest BCUT2D eigenvalue weighted by Crippen LogP contribution is 2.29. The van der Waals surface area contributed by atoms with E-state index in [4.69, 9.17) is 9.47 Å². The zero-order valence-corrected chi connectivity index (χ0v) is 20.8. The van der Waals surface area contributed by atoms with E-state index in [0.717, 1.165) is 23.1 Å². The minimum Gasteiger partial charge on any atom is -0.453 e. The third-order valence-corrected chi connectivity index (χ3v) is 6.17. The number of benzene rings is 3. The van der Waals surface area contributed by atoms with Crippen molar-refractivity contribution in [2.24, 2.45) is 0 Å². The van der Waals surface area contributed by atoms with Crippen LogP contribution < -0.4 is 20.9 Å². The molecule has 0 saturated carbocycles. The average Bonchev–Trinajstić information content (AvgIpc) is 3.45. The smallest absolute Gasteiger partial charge is 0.299 e. The van der Waals surface area contributed by atoms with Gasteiger partial charge in [-0.15, -0.1) is 0 Å². The SMILES string of the molecule is Cc1ccc(Oc2cnn(-c3ccc(F)cc3)c(=O)c2Nc2cccc(C(=O)NC[C@H]3CCCO3)c2)cc1. The van der Waals surface area contributed by atoms with Crippen LogP contribution >= 0.6 is 0 Å². The van der Waals surface area contributed by atoms with Crippen LogP contribution in [0, 0.1) is 12.7 Å². The van der Waals surface area contributed by atoms with Crippen LogP contribution in [0.15, 0.2) is 83.8 Å². The standard InChI is InChI=1S/C29H27FN4O4/c1-19-7-13-24(14-8-19)38-26-18-32-34(23-11-9-21(30)10-12-23)29(36)27(26)33-22-5-2-4-20(16-22)28(35)31-17-25-6-3-15-37-25/h2,4-5,7-14,16,18,25,33H,3,6,15,17H2,1H3,(H,31,35)/t25-/m1/s1. The van der Waals surface area contributed by atoms with Crippen molar-refractivity contribution in [2.75, 3.05) is 18.5 Å². The highest BCUT2D eigenvalue weighted by atomic mass is 19.1. The fourth-order valence-electron chi connectivity index (χ4n) is 4.13. The van der Waals surface area contributed by atoms with E-state index in [1.807, 2.05) is 19.1 Å². The summed E-state index contributed by atoms with van der Waals surface area (Å²) in [4.78, 5) is 26.3. The number of hydrogen-bond acceptors (Lipinski definition) is 6. The van der Waals surface area contributed by atoms with Crippen LogP contribution in [0.3, 0.4) is 0 Å². The van der Waals surface area contributed by atoms with Gasteiger partial charge in [0.15, 0.2) is 11.4 Å². The molecule has 0 spiro atoms. The van der Waals surface area contributed by atoms with Crippen molar-refractivity contribution >= 4 is 17.3 Å². The number of aryl methyl sites for hydroxylation is 1. The molecular formula is C29H27FN4O4. The summed E-state index contributed by atoms with van der Waals surface area (Å²) in [5.41, 5.74) is 2.01. The largest absolute Gasteiger partial charge is 0.453 e. The number of aromatic nitrogens is 2. The van der Waals surface area contributed by atoms with Crippen molar-refractivity contribution in [3.05, 3.63) is 106 Å². The number of carbonyl (C=O) groups is 1. The van der Waals surface area contributed by atoms with Crippen molar-refractivity contribution in [1.82, 2.24) is 15.1 Å². The van der Waals surface area contributed by atoms with E-state index < -0.39 is 11.4 Å². The molecule has 1 saturated heterocycles. The molecule has 1 atom stereocenters. The molecule has 5 rings (SSSR count). The van der Waals surface area contributed by atoms with Gasteiger partial charge in [-0.1, -0.05) is 23.8 Å². The quantitative estimate of drug-likeness (QED) is 0.339. The van der Waals surface area contributed by atoms with Gasteiger partial charge >= 0.3 is 0 Å². The Bertz CT molecular complexity index is 1480. The normalized spacial score (nSPS) is 14.7. The minimum absolute atomic E-state index is 0.0310. The summed E-state index contributed by atoms with van der Waals surface area (Å²) in [7, 11) is 0. The van der Waals surface area contributed by atoms with Gasteiger partial charge in [-0.2, -0.15) is 9.78 Å². The second-order valence-electron chi connectivity index (χ2n) is 9.04. The maximum atomic E-state index is 13.6. The Morgan fingerprint density at radius 1 is 1.13 bits per heavy atom. The predicted octanol–water partition coefficient (Wildman–Crippen LogP) is 5.12. The number of ether oxygens (including phenoxy) is 2. The number of amides is 1. The molecule has 38 heavy (non-hydrogen) atoms. The van der Waals surface area contributed by atoms with Gasteiger partial charge in [0.2, 0.25) is 0 Å². The lowest BCUT2D eigenvalue weighted by atomic mass is 10.1. The Morgan fingerprint density at radius 2 is 1.92 bits per heavy atom. The monoisotopic (exact) mass is 514 g/mol. The molecule has 4 aromatic rings. The summed E-state index contributed by atoms with van der Waals surface area (Å²) in [5.74, 6) is 0.0693. The lowest BCUT2D eigenvalue weighted by Gasteiger charge is -2.15. The Morgan fingerprint density at radius 3 is 2.66 bits per heavy atom. The molecule has 0 radical (unpaired) electrons. The number of nitrogens with zero attached hydrogens (tertiary/aromatic N) is 2. The Kier molecular flexibility index (Phi) is 7.46. The Balaban J connectivity index is 1.45. The van der Waals surface area contributed by atoms with E-state index >= 15 is 0 Å². The zero-order valence-electron chi connectivity index (χ0n) is 20.8. The molecular weight excluding hydrogens is 487 g/mol. The van der Waals surface area contributed by atoms with Crippen molar-refractivity contribution in [1.29, 1.82) is 0 Å². The van der Waals surface area contributed by atoms with Gasteiger partial charge in [0, 0.05) is 24.4 Å². The van der Waals surface area contributed by atoms with E-state index in [1.165, 1.54) is 30.5 Å². The fraction of sp³-hybridized carbons (Fsp3) is 0.207. The van der Waals surface area contributed by atoms with E-state index in [1.54, 1.807) is 36.4 Å². The number of rotatable bonds is 8. The first kappa shape index (κ1) is 25.2. The second-order valence-corrected chi connectivity index (χ2v) is 9.04. The summed E-state index contributed by atoms with van der Waals surface area (Å²) < 4.78 is 26.2. The van der Waals surface area contributed by atoms with Crippen LogP contribution in [0.1, 0.15) is 28.8 Å². The van der Waals surface area contributed by atoms with Gasteiger partial charge in [0.25, 0.3) is 11.5 Å². The van der Waals surface area contributed by atoms with E-state index in [-0.39, 0.29) is 23.4 Å². The summed E-state index contributed by atoms with van der Waals surface area (Å²) in [5, 5.41) is 10.3. The van der Waals surface area contributed by atoms with Gasteiger partial charge in [-0.05, 0) is 74.4 Å². The first-order chi connectivity index (χ1) is 18.5. The summed E-state index contributed by atoms with van der Waals surface area (Å²) in [6, 6.07) is 19.7. The zero-order chi connectivity index (χ0) is 26.5. The molecule has 3 aromatic carbocycles. The second kappa shape index (κ2) is 11.3. The van der Waals surface area contributed by atoms with Gasteiger partial charge in [0.1, 0.15) is 11.6 Å². The number of halogens is 1. The van der Waals surface area contributed by atoms with E-state index in [9.17, 15) is 14.0 Å². The molecule has 0 unspecified atom stereocenters. The highest BCUT2D eigenvalue weighted by Gasteiger charge is 2.18. The Labute approximate surface area is 219 Å². The molecule has 1 aromatic heterocycles. The first-order valence-electron chi connectivity index (χ1n) is 12.4. The van der Waals surface area contributed by atoms with Gasteiger partial charge in [-0.3, -0.25) is 9.59 Å². The average molecular weight is 515 g/mol. The van der Waals surface area contributed by atoms with E-state index in [0.29, 0.717) is 35.8 Å². The lowest BCUT2D eigenvalue weighted by molar-refractivity contribution is 0.0858. The number of anilines is 2. The van der Waals surface area contributed by atoms with Crippen LogP contribution in [-0.4, -0.2) is 34.9 Å². The lowest BCUT2D eigenvalue weighted by Crippen LogP contribution is -2.31.